The van der Waals surface area contributed by atoms with Gasteiger partial charge in [0.2, 0.25) is 0 Å². The summed E-state index contributed by atoms with van der Waals surface area (Å²) in [5, 5.41) is 2.24. The van der Waals surface area contributed by atoms with E-state index in [0.717, 1.165) is 39.0 Å². The summed E-state index contributed by atoms with van der Waals surface area (Å²) in [5.74, 6) is 2.08. The third-order valence-electron chi connectivity index (χ3n) is 12.4. The second kappa shape index (κ2) is 16.5. The zero-order chi connectivity index (χ0) is 44.6. The molecule has 0 bridgehead atoms. The molecule has 0 saturated heterocycles. The number of nitrogens with zero attached hydrogens (tertiary/aromatic N) is 4. The van der Waals surface area contributed by atoms with Crippen LogP contribution in [0.1, 0.15) is 125 Å². The molecule has 0 amide bonds. The molecule has 0 fully saturated rings. The van der Waals surface area contributed by atoms with Crippen LogP contribution < -0.4 is 14.5 Å². The Morgan fingerprint density at radius 1 is 0.540 bits per heavy atom. The van der Waals surface area contributed by atoms with Crippen molar-refractivity contribution in [3.8, 4) is 17.3 Å². The van der Waals surface area contributed by atoms with E-state index in [9.17, 15) is 0 Å². The van der Waals surface area contributed by atoms with E-state index in [1.807, 2.05) is 24.4 Å². The van der Waals surface area contributed by atoms with Gasteiger partial charge in [0.1, 0.15) is 5.82 Å². The summed E-state index contributed by atoms with van der Waals surface area (Å²) in [7, 11) is 0. The molecule has 8 rings (SSSR count). The van der Waals surface area contributed by atoms with E-state index in [-0.39, 0.29) is 48.1 Å². The Balaban J connectivity index is 0.00000595. The van der Waals surface area contributed by atoms with Crippen molar-refractivity contribution in [3.63, 3.8) is 0 Å². The first-order chi connectivity index (χ1) is 29.0. The van der Waals surface area contributed by atoms with Gasteiger partial charge in [-0.05, 0) is 86.0 Å². The van der Waals surface area contributed by atoms with Crippen LogP contribution in [0.25, 0.3) is 27.6 Å². The van der Waals surface area contributed by atoms with E-state index in [1.165, 1.54) is 33.5 Å². The zero-order valence-corrected chi connectivity index (χ0v) is 41.9. The number of pyridine rings is 1. The molecule has 0 unspecified atom stereocenters. The fourth-order valence-corrected chi connectivity index (χ4v) is 8.33. The molecule has 0 spiro atoms. The van der Waals surface area contributed by atoms with Crippen LogP contribution in [0.4, 0.5) is 11.4 Å². The zero-order valence-electron chi connectivity index (χ0n) is 39.6. The summed E-state index contributed by atoms with van der Waals surface area (Å²) >= 11 is 0. The molecule has 1 aliphatic heterocycles. The molecule has 1 aliphatic rings. The van der Waals surface area contributed by atoms with E-state index in [2.05, 4.69) is 227 Å². The number of aromatic nitrogens is 2. The van der Waals surface area contributed by atoms with Crippen molar-refractivity contribution in [2.75, 3.05) is 9.80 Å². The Bertz CT molecular complexity index is 2790. The van der Waals surface area contributed by atoms with Crippen LogP contribution in [0.3, 0.4) is 0 Å². The quantitative estimate of drug-likeness (QED) is 0.149. The van der Waals surface area contributed by atoms with Gasteiger partial charge in [0.05, 0.1) is 0 Å². The molecule has 0 radical (unpaired) electrons. The molecule has 63 heavy (non-hydrogen) atoms. The van der Waals surface area contributed by atoms with Crippen LogP contribution in [0, 0.1) is 24.2 Å². The Kier molecular flexibility index (Phi) is 12.0. The molecule has 0 saturated carbocycles. The number of hydrogen-bond donors (Lipinski definition) is 0. The molecule has 7 aromatic rings. The van der Waals surface area contributed by atoms with Gasteiger partial charge in [-0.1, -0.05) is 151 Å². The first-order valence-corrected chi connectivity index (χ1v) is 22.0. The third kappa shape index (κ3) is 9.14. The fourth-order valence-electron chi connectivity index (χ4n) is 8.33. The van der Waals surface area contributed by atoms with Gasteiger partial charge in [0.25, 0.3) is 0 Å². The molecule has 0 N–H and O–H groups in total. The van der Waals surface area contributed by atoms with Crippen molar-refractivity contribution in [2.24, 2.45) is 5.41 Å². The van der Waals surface area contributed by atoms with E-state index in [4.69, 9.17) is 9.72 Å². The third-order valence-corrected chi connectivity index (χ3v) is 12.4. The van der Waals surface area contributed by atoms with Crippen LogP contribution in [-0.4, -0.2) is 9.55 Å². The van der Waals surface area contributed by atoms with Crippen LogP contribution in [0.5, 0.6) is 11.5 Å². The Labute approximate surface area is 391 Å². The minimum absolute atomic E-state index is 0. The van der Waals surface area contributed by atoms with Gasteiger partial charge in [0, 0.05) is 66.5 Å². The van der Waals surface area contributed by atoms with Crippen molar-refractivity contribution in [1.29, 1.82) is 0 Å². The molecule has 5 nitrogen and oxygen atoms in total. The number of hydrogen-bond acceptors (Lipinski definition) is 4. The van der Waals surface area contributed by atoms with Crippen molar-refractivity contribution in [1.82, 2.24) is 9.55 Å². The second-order valence-corrected chi connectivity index (χ2v) is 21.7. The van der Waals surface area contributed by atoms with E-state index in [0.29, 0.717) is 11.5 Å². The topological polar surface area (TPSA) is 33.5 Å². The van der Waals surface area contributed by atoms with Gasteiger partial charge in [-0.15, -0.1) is 48.1 Å². The van der Waals surface area contributed by atoms with Gasteiger partial charge < -0.3 is 19.1 Å². The van der Waals surface area contributed by atoms with Crippen molar-refractivity contribution in [3.05, 3.63) is 174 Å². The van der Waals surface area contributed by atoms with Gasteiger partial charge in [-0.2, -0.15) is 12.1 Å². The number of anilines is 2. The summed E-state index contributed by atoms with van der Waals surface area (Å²) in [6.45, 7) is 34.1. The summed E-state index contributed by atoms with van der Waals surface area (Å²) in [6, 6.07) is 46.6. The average Bonchev–Trinajstić information content (AvgIpc) is 3.81. The van der Waals surface area contributed by atoms with E-state index < -0.39 is 0 Å². The number of benzene rings is 5. The van der Waals surface area contributed by atoms with Gasteiger partial charge in [-0.25, -0.2) is 4.98 Å². The van der Waals surface area contributed by atoms with Gasteiger partial charge in [0.15, 0.2) is 0 Å². The molecular formula is C57H63N4OPt-3. The van der Waals surface area contributed by atoms with Crippen molar-refractivity contribution < 1.29 is 25.8 Å². The molecule has 6 heteroatoms. The van der Waals surface area contributed by atoms with E-state index in [1.54, 1.807) is 0 Å². The maximum absolute atomic E-state index is 6.68. The first kappa shape index (κ1) is 45.9. The Hall–Kier alpha value is -5.12. The SMILES string of the molecule is CC(C)(C)C1=CN(c2[c-]c(Oc3[c-]c4c(cc3)c3cc(C(C)(C)c5ccccc5)ccc3n4-c3cc(C(C)(C)C)ccn3)ccc2)[CH-]N1c1cc(C(C)(C)C)cc(C(C)(C)C)c1.[Pt]. The molecule has 5 aromatic carbocycles. The largest absolute Gasteiger partial charge is 0.509 e. The monoisotopic (exact) mass is 1010 g/mol. The van der Waals surface area contributed by atoms with Crippen LogP contribution in [0.2, 0.25) is 0 Å². The fraction of sp³-hybridized carbons (Fsp3) is 0.333. The van der Waals surface area contributed by atoms with Crippen molar-refractivity contribution in [2.45, 2.75) is 119 Å². The minimum Gasteiger partial charge on any atom is -0.509 e. The molecule has 3 heterocycles. The average molecular weight is 1020 g/mol. The normalized spacial score (nSPS) is 14.0. The van der Waals surface area contributed by atoms with Gasteiger partial charge in [-0.3, -0.25) is 0 Å². The summed E-state index contributed by atoms with van der Waals surface area (Å²) in [4.78, 5) is 9.46. The summed E-state index contributed by atoms with van der Waals surface area (Å²) < 4.78 is 8.91. The maximum atomic E-state index is 6.68. The maximum Gasteiger partial charge on any atom is 0.135 e. The predicted molar refractivity (Wildman–Crippen MR) is 261 cm³/mol. The number of fused-ring (bicyclic) bond motifs is 3. The smallest absolute Gasteiger partial charge is 0.135 e. The number of rotatable bonds is 7. The molecule has 0 aliphatic carbocycles. The first-order valence-electron chi connectivity index (χ1n) is 22.0. The summed E-state index contributed by atoms with van der Waals surface area (Å²) in [5.41, 5.74) is 11.3. The summed E-state index contributed by atoms with van der Waals surface area (Å²) in [6.07, 6.45) is 4.15. The Morgan fingerprint density at radius 3 is 1.83 bits per heavy atom. The van der Waals surface area contributed by atoms with E-state index >= 15 is 0 Å². The number of allylic oxidation sites excluding steroid dienone is 1. The van der Waals surface area contributed by atoms with Crippen LogP contribution in [-0.2, 0) is 42.7 Å². The minimum atomic E-state index is -0.194. The molecule has 2 aromatic heterocycles. The molecule has 330 valence electrons. The predicted octanol–water partition coefficient (Wildman–Crippen LogP) is 15.1. The van der Waals surface area contributed by atoms with Crippen molar-refractivity contribution >= 4 is 33.2 Å². The molecule has 0 atom stereocenters. The second-order valence-electron chi connectivity index (χ2n) is 21.7. The number of ether oxygens (including phenoxy) is 1. The van der Waals surface area contributed by atoms with Crippen LogP contribution in [0.15, 0.2) is 127 Å². The van der Waals surface area contributed by atoms with Gasteiger partial charge >= 0.3 is 0 Å². The Morgan fingerprint density at radius 2 is 1.19 bits per heavy atom. The van der Waals surface area contributed by atoms with Crippen LogP contribution >= 0.6 is 0 Å². The molecular weight excluding hydrogens is 952 g/mol. The standard InChI is InChI=1S/C57H63N4O.Pt/c1-53(2,3)39-27-28-58-52(33-39)61-49-26-23-40(57(13,14)38-19-16-15-17-20-38)32-48(49)47-25-24-46(35-50(47)61)62-45-22-18-21-43(34-45)59-36-51(56(10,11)12)60(37-59)44-30-41(54(4,5)6)29-42(31-44)55(7,8)9;/h15-33,36-37H,1-14H3;/q-3;.